The molecule has 2 aromatic heterocycles. The van der Waals surface area contributed by atoms with Crippen LogP contribution in [0.1, 0.15) is 11.4 Å². The Labute approximate surface area is 99.0 Å². The van der Waals surface area contributed by atoms with Gasteiger partial charge in [-0.3, -0.25) is 0 Å². The lowest BCUT2D eigenvalue weighted by Gasteiger charge is -1.99. The van der Waals surface area contributed by atoms with Crippen molar-refractivity contribution < 1.29 is 5.11 Å². The van der Waals surface area contributed by atoms with Crippen molar-refractivity contribution in [3.63, 3.8) is 0 Å². The van der Waals surface area contributed by atoms with Crippen LogP contribution in [-0.4, -0.2) is 19.7 Å². The number of hydrogen-bond donors (Lipinski definition) is 1. The van der Waals surface area contributed by atoms with Crippen molar-refractivity contribution in [1.29, 1.82) is 0 Å². The van der Waals surface area contributed by atoms with E-state index in [1.165, 1.54) is 0 Å². The Kier molecular flexibility index (Phi) is 2.63. The molecule has 0 aromatic carbocycles. The summed E-state index contributed by atoms with van der Waals surface area (Å²) in [5.41, 5.74) is 2.13. The van der Waals surface area contributed by atoms with E-state index in [0.717, 1.165) is 9.26 Å². The Hall–Kier alpha value is -0.400. The molecule has 4 nitrogen and oxygen atoms in total. The van der Waals surface area contributed by atoms with E-state index < -0.39 is 0 Å². The number of fused-ring (bicyclic) bond motifs is 1. The second kappa shape index (κ2) is 3.63. The van der Waals surface area contributed by atoms with Crippen LogP contribution < -0.4 is 0 Å². The van der Waals surface area contributed by atoms with Crippen molar-refractivity contribution in [3.05, 3.63) is 26.2 Å². The number of aryl methyl sites for hydroxylation is 1. The summed E-state index contributed by atoms with van der Waals surface area (Å²) < 4.78 is 2.53. The maximum Gasteiger partial charge on any atom is 0.170 e. The van der Waals surface area contributed by atoms with Crippen LogP contribution in [0, 0.1) is 10.5 Å². The number of hydrogen-bond acceptors (Lipinski definition) is 3. The van der Waals surface area contributed by atoms with Crippen molar-refractivity contribution in [2.45, 2.75) is 13.5 Å². The third-order valence-electron chi connectivity index (χ3n) is 1.86. The second-order valence-corrected chi connectivity index (χ2v) is 4.33. The van der Waals surface area contributed by atoms with Crippen molar-refractivity contribution in [3.8, 4) is 0 Å². The SMILES string of the molecule is Cc1nn2c(Cl)cc(CO)nc2c1I. The van der Waals surface area contributed by atoms with Gasteiger partial charge in [-0.25, -0.2) is 9.50 Å². The Morgan fingerprint density at radius 3 is 3.00 bits per heavy atom. The highest BCUT2D eigenvalue weighted by molar-refractivity contribution is 14.1. The van der Waals surface area contributed by atoms with E-state index in [1.807, 2.05) is 6.92 Å². The van der Waals surface area contributed by atoms with Gasteiger partial charge in [-0.2, -0.15) is 5.10 Å². The van der Waals surface area contributed by atoms with E-state index in [-0.39, 0.29) is 6.61 Å². The van der Waals surface area contributed by atoms with Crippen molar-refractivity contribution in [1.82, 2.24) is 14.6 Å². The molecule has 2 rings (SSSR count). The van der Waals surface area contributed by atoms with Crippen LogP contribution in [0.15, 0.2) is 6.07 Å². The lowest BCUT2D eigenvalue weighted by Crippen LogP contribution is -1.97. The number of aliphatic hydroxyl groups is 1. The summed E-state index contributed by atoms with van der Waals surface area (Å²) in [6.07, 6.45) is 0. The van der Waals surface area contributed by atoms with Gasteiger partial charge in [0.15, 0.2) is 5.65 Å². The Morgan fingerprint density at radius 1 is 1.64 bits per heavy atom. The van der Waals surface area contributed by atoms with Gasteiger partial charge in [0, 0.05) is 0 Å². The Bertz CT molecular complexity index is 497. The van der Waals surface area contributed by atoms with Gasteiger partial charge in [0.05, 0.1) is 21.6 Å². The molecule has 14 heavy (non-hydrogen) atoms. The first-order chi connectivity index (χ1) is 6.63. The van der Waals surface area contributed by atoms with Crippen LogP contribution in [-0.2, 0) is 6.61 Å². The molecule has 2 aromatic rings. The number of rotatable bonds is 1. The maximum absolute atomic E-state index is 8.97. The molecular formula is C8H7ClIN3O. The smallest absolute Gasteiger partial charge is 0.170 e. The van der Waals surface area contributed by atoms with E-state index in [2.05, 4.69) is 32.7 Å². The molecule has 0 atom stereocenters. The molecule has 0 spiro atoms. The number of nitrogens with zero attached hydrogens (tertiary/aromatic N) is 3. The molecule has 0 bridgehead atoms. The molecule has 0 saturated heterocycles. The molecule has 74 valence electrons. The zero-order valence-electron chi connectivity index (χ0n) is 7.33. The molecule has 0 aliphatic rings. The first kappa shape index (κ1) is 10.1. The largest absolute Gasteiger partial charge is 0.390 e. The third kappa shape index (κ3) is 1.49. The average Bonchev–Trinajstić information content (AvgIpc) is 2.45. The number of aromatic nitrogens is 3. The standard InChI is InChI=1S/C8H7ClIN3O/c1-4-7(10)8-11-5(3-14)2-6(9)13(8)12-4/h2,14H,3H2,1H3. The quantitative estimate of drug-likeness (QED) is 0.643. The fourth-order valence-electron chi connectivity index (χ4n) is 1.19. The summed E-state index contributed by atoms with van der Waals surface area (Å²) in [6.45, 7) is 1.78. The molecule has 1 N–H and O–H groups in total. The van der Waals surface area contributed by atoms with Crippen molar-refractivity contribution in [2.75, 3.05) is 0 Å². The summed E-state index contributed by atoms with van der Waals surface area (Å²) >= 11 is 8.13. The van der Waals surface area contributed by atoms with E-state index in [9.17, 15) is 0 Å². The van der Waals surface area contributed by atoms with E-state index in [1.54, 1.807) is 10.6 Å². The molecule has 0 radical (unpaired) electrons. The minimum atomic E-state index is -0.115. The van der Waals surface area contributed by atoms with Crippen LogP contribution in [0.4, 0.5) is 0 Å². The minimum absolute atomic E-state index is 0.115. The predicted octanol–water partition coefficient (Wildman–Crippen LogP) is 1.79. The molecular weight excluding hydrogens is 316 g/mol. The monoisotopic (exact) mass is 323 g/mol. The summed E-state index contributed by atoms with van der Waals surface area (Å²) in [5.74, 6) is 0. The zero-order valence-corrected chi connectivity index (χ0v) is 10.2. The van der Waals surface area contributed by atoms with Crippen LogP contribution in [0.5, 0.6) is 0 Å². The number of halogens is 2. The highest BCUT2D eigenvalue weighted by atomic mass is 127. The van der Waals surface area contributed by atoms with Gasteiger partial charge in [0.25, 0.3) is 0 Å². The zero-order chi connectivity index (χ0) is 10.3. The molecule has 0 unspecified atom stereocenters. The molecule has 6 heteroatoms. The molecule has 0 aliphatic carbocycles. The lowest BCUT2D eigenvalue weighted by molar-refractivity contribution is 0.277. The van der Waals surface area contributed by atoms with Gasteiger partial charge < -0.3 is 5.11 Å². The van der Waals surface area contributed by atoms with Crippen LogP contribution >= 0.6 is 34.2 Å². The van der Waals surface area contributed by atoms with Crippen molar-refractivity contribution >= 4 is 39.8 Å². The Morgan fingerprint density at radius 2 is 2.36 bits per heavy atom. The van der Waals surface area contributed by atoms with Gasteiger partial charge in [0.2, 0.25) is 0 Å². The average molecular weight is 324 g/mol. The normalized spacial score (nSPS) is 11.1. The molecule has 0 aliphatic heterocycles. The fourth-order valence-corrected chi connectivity index (χ4v) is 1.89. The third-order valence-corrected chi connectivity index (χ3v) is 3.40. The first-order valence-corrected chi connectivity index (χ1v) is 5.40. The first-order valence-electron chi connectivity index (χ1n) is 3.94. The summed E-state index contributed by atoms with van der Waals surface area (Å²) in [4.78, 5) is 4.23. The minimum Gasteiger partial charge on any atom is -0.390 e. The van der Waals surface area contributed by atoms with Gasteiger partial charge in [-0.05, 0) is 35.6 Å². The maximum atomic E-state index is 8.97. The van der Waals surface area contributed by atoms with Crippen LogP contribution in [0.25, 0.3) is 5.65 Å². The summed E-state index contributed by atoms with van der Waals surface area (Å²) in [6, 6.07) is 1.61. The predicted molar refractivity (Wildman–Crippen MR) is 61.4 cm³/mol. The highest BCUT2D eigenvalue weighted by Gasteiger charge is 2.11. The molecule has 2 heterocycles. The van der Waals surface area contributed by atoms with Gasteiger partial charge >= 0.3 is 0 Å². The van der Waals surface area contributed by atoms with Gasteiger partial charge in [-0.15, -0.1) is 0 Å². The van der Waals surface area contributed by atoms with Crippen LogP contribution in [0.2, 0.25) is 5.15 Å². The molecule has 0 fully saturated rings. The molecule has 0 saturated carbocycles. The summed E-state index contributed by atoms with van der Waals surface area (Å²) in [5, 5.41) is 13.6. The second-order valence-electron chi connectivity index (χ2n) is 2.86. The van der Waals surface area contributed by atoms with E-state index in [0.29, 0.717) is 16.5 Å². The van der Waals surface area contributed by atoms with Crippen LogP contribution in [0.3, 0.4) is 0 Å². The molecule has 0 amide bonds. The summed E-state index contributed by atoms with van der Waals surface area (Å²) in [7, 11) is 0. The highest BCUT2D eigenvalue weighted by Crippen LogP contribution is 2.20. The fraction of sp³-hybridized carbons (Fsp3) is 0.250. The van der Waals surface area contributed by atoms with E-state index >= 15 is 0 Å². The topological polar surface area (TPSA) is 50.4 Å². The number of aliphatic hydroxyl groups excluding tert-OH is 1. The lowest BCUT2D eigenvalue weighted by atomic mass is 10.4. The van der Waals surface area contributed by atoms with Crippen molar-refractivity contribution in [2.24, 2.45) is 0 Å². The van der Waals surface area contributed by atoms with E-state index in [4.69, 9.17) is 16.7 Å². The Balaban J connectivity index is 2.83. The van der Waals surface area contributed by atoms with Gasteiger partial charge in [0.1, 0.15) is 5.15 Å². The van der Waals surface area contributed by atoms with Gasteiger partial charge in [-0.1, -0.05) is 11.6 Å².